The van der Waals surface area contributed by atoms with Gasteiger partial charge in [-0.2, -0.15) is 0 Å². The summed E-state index contributed by atoms with van der Waals surface area (Å²) in [6, 6.07) is 17.3. The summed E-state index contributed by atoms with van der Waals surface area (Å²) in [7, 11) is 1.26. The number of nitrogens with one attached hydrogen (secondary N) is 2. The number of hydrogen-bond donors (Lipinski definition) is 2. The monoisotopic (exact) mass is 493 g/mol. The van der Waals surface area contributed by atoms with Crippen LogP contribution < -0.4 is 15.5 Å². The third-order valence-electron chi connectivity index (χ3n) is 5.05. The zero-order valence-corrected chi connectivity index (χ0v) is 18.9. The highest BCUT2D eigenvalue weighted by molar-refractivity contribution is 6.53. The lowest BCUT2D eigenvalue weighted by Gasteiger charge is -2.15. The molecule has 0 atom stereocenters. The summed E-state index contributed by atoms with van der Waals surface area (Å²) in [4.78, 5) is 50.7. The number of ether oxygens (including phenoxy) is 1. The minimum absolute atomic E-state index is 0.165. The van der Waals surface area contributed by atoms with Crippen molar-refractivity contribution < 1.29 is 28.3 Å². The topological polar surface area (TPSA) is 105 Å². The standard InChI is InChI=1S/C25H17ClFN3O5/c1-35-25(34)15-5-3-7-18(13-15)29-22(31)14-4-2-6-17(12-14)28-21-20(26)23(32)30(24(21)33)19-10-8-16(27)9-11-19/h2-13,28H,1H3,(H,29,31). The van der Waals surface area contributed by atoms with Crippen LogP contribution in [0.5, 0.6) is 0 Å². The summed E-state index contributed by atoms with van der Waals surface area (Å²) < 4.78 is 17.9. The number of amides is 3. The van der Waals surface area contributed by atoms with E-state index < -0.39 is 29.5 Å². The largest absolute Gasteiger partial charge is 0.465 e. The van der Waals surface area contributed by atoms with Crippen molar-refractivity contribution in [3.63, 3.8) is 0 Å². The quantitative estimate of drug-likeness (QED) is 0.392. The molecule has 10 heteroatoms. The molecule has 3 amide bonds. The minimum atomic E-state index is -0.759. The number of benzene rings is 3. The van der Waals surface area contributed by atoms with Crippen LogP contribution in [-0.4, -0.2) is 30.8 Å². The van der Waals surface area contributed by atoms with Crippen molar-refractivity contribution in [1.29, 1.82) is 0 Å². The molecule has 0 saturated carbocycles. The van der Waals surface area contributed by atoms with Crippen molar-refractivity contribution in [3.05, 3.63) is 100 Å². The van der Waals surface area contributed by atoms with E-state index in [1.807, 2.05) is 0 Å². The fraction of sp³-hybridized carbons (Fsp3) is 0.0400. The molecule has 35 heavy (non-hydrogen) atoms. The fourth-order valence-corrected chi connectivity index (χ4v) is 3.58. The van der Waals surface area contributed by atoms with Crippen LogP contribution in [0, 0.1) is 5.82 Å². The molecule has 0 aliphatic carbocycles. The molecule has 0 bridgehead atoms. The number of hydrogen-bond acceptors (Lipinski definition) is 6. The average Bonchev–Trinajstić information content (AvgIpc) is 3.07. The van der Waals surface area contributed by atoms with E-state index in [9.17, 15) is 23.6 Å². The highest BCUT2D eigenvalue weighted by atomic mass is 35.5. The zero-order valence-electron chi connectivity index (χ0n) is 18.2. The van der Waals surface area contributed by atoms with Crippen LogP contribution in [0.15, 0.2) is 83.5 Å². The Bertz CT molecular complexity index is 1390. The van der Waals surface area contributed by atoms with Gasteiger partial charge in [0.05, 0.1) is 18.4 Å². The molecule has 0 radical (unpaired) electrons. The number of rotatable bonds is 6. The van der Waals surface area contributed by atoms with Crippen LogP contribution in [0.1, 0.15) is 20.7 Å². The van der Waals surface area contributed by atoms with Crippen LogP contribution in [-0.2, 0) is 14.3 Å². The Morgan fingerprint density at radius 2 is 1.51 bits per heavy atom. The van der Waals surface area contributed by atoms with Gasteiger partial charge in [0.1, 0.15) is 16.5 Å². The van der Waals surface area contributed by atoms with E-state index in [1.165, 1.54) is 31.4 Å². The number of imide groups is 1. The highest BCUT2D eigenvalue weighted by Crippen LogP contribution is 2.30. The highest BCUT2D eigenvalue weighted by Gasteiger charge is 2.39. The summed E-state index contributed by atoms with van der Waals surface area (Å²) in [5, 5.41) is 5.14. The van der Waals surface area contributed by atoms with Crippen LogP contribution in [0.4, 0.5) is 21.5 Å². The smallest absolute Gasteiger partial charge is 0.337 e. The Balaban J connectivity index is 1.52. The number of nitrogens with zero attached hydrogens (tertiary/aromatic N) is 1. The molecule has 0 saturated heterocycles. The number of halogens is 2. The summed E-state index contributed by atoms with van der Waals surface area (Å²) in [6.07, 6.45) is 0. The van der Waals surface area contributed by atoms with Crippen LogP contribution in [0.25, 0.3) is 0 Å². The minimum Gasteiger partial charge on any atom is -0.465 e. The van der Waals surface area contributed by atoms with E-state index in [4.69, 9.17) is 11.6 Å². The van der Waals surface area contributed by atoms with Gasteiger partial charge in [0.2, 0.25) is 0 Å². The molecule has 0 fully saturated rings. The van der Waals surface area contributed by atoms with Gasteiger partial charge < -0.3 is 15.4 Å². The van der Waals surface area contributed by atoms with Crippen molar-refractivity contribution in [2.24, 2.45) is 0 Å². The molecule has 0 spiro atoms. The van der Waals surface area contributed by atoms with E-state index in [1.54, 1.807) is 36.4 Å². The van der Waals surface area contributed by atoms with Crippen LogP contribution >= 0.6 is 11.6 Å². The van der Waals surface area contributed by atoms with E-state index in [-0.39, 0.29) is 27.5 Å². The van der Waals surface area contributed by atoms with Crippen molar-refractivity contribution in [3.8, 4) is 0 Å². The third-order valence-corrected chi connectivity index (χ3v) is 5.40. The lowest BCUT2D eigenvalue weighted by Crippen LogP contribution is -2.32. The number of carbonyl (C=O) groups excluding carboxylic acids is 4. The zero-order chi connectivity index (χ0) is 25.1. The first-order valence-electron chi connectivity index (χ1n) is 10.2. The van der Waals surface area contributed by atoms with Gasteiger partial charge in [0.25, 0.3) is 17.7 Å². The Kier molecular flexibility index (Phi) is 6.61. The molecule has 1 aliphatic heterocycles. The second-order valence-electron chi connectivity index (χ2n) is 7.34. The molecule has 3 aromatic rings. The van der Waals surface area contributed by atoms with Crippen LogP contribution in [0.3, 0.4) is 0 Å². The molecular formula is C25H17ClFN3O5. The molecule has 1 heterocycles. The SMILES string of the molecule is COC(=O)c1cccc(NC(=O)c2cccc(NC3=C(Cl)C(=O)N(c4ccc(F)cc4)C3=O)c2)c1. The summed E-state index contributed by atoms with van der Waals surface area (Å²) >= 11 is 6.13. The molecule has 0 aromatic heterocycles. The Morgan fingerprint density at radius 3 is 2.20 bits per heavy atom. The molecule has 4 rings (SSSR count). The van der Waals surface area contributed by atoms with Crippen molar-refractivity contribution >= 4 is 52.4 Å². The predicted molar refractivity (Wildman–Crippen MR) is 128 cm³/mol. The second-order valence-corrected chi connectivity index (χ2v) is 7.72. The van der Waals surface area contributed by atoms with E-state index in [0.717, 1.165) is 17.0 Å². The third kappa shape index (κ3) is 4.90. The van der Waals surface area contributed by atoms with Crippen molar-refractivity contribution in [1.82, 2.24) is 0 Å². The number of anilines is 3. The fourth-order valence-electron chi connectivity index (χ4n) is 3.36. The van der Waals surface area contributed by atoms with Gasteiger partial charge in [-0.3, -0.25) is 14.4 Å². The molecule has 3 aromatic carbocycles. The molecule has 2 N–H and O–H groups in total. The lowest BCUT2D eigenvalue weighted by molar-refractivity contribution is -0.120. The maximum atomic E-state index is 13.2. The second kappa shape index (κ2) is 9.78. The summed E-state index contributed by atoms with van der Waals surface area (Å²) in [5.74, 6) is -3.01. The average molecular weight is 494 g/mol. The van der Waals surface area contributed by atoms with Gasteiger partial charge in [-0.1, -0.05) is 23.7 Å². The number of carbonyl (C=O) groups is 4. The summed E-state index contributed by atoms with van der Waals surface area (Å²) in [5.41, 5.74) is 1.22. The van der Waals surface area contributed by atoms with Gasteiger partial charge in [-0.05, 0) is 60.7 Å². The Morgan fingerprint density at radius 1 is 0.886 bits per heavy atom. The number of methoxy groups -OCH3 is 1. The van der Waals surface area contributed by atoms with E-state index in [2.05, 4.69) is 15.4 Å². The van der Waals surface area contributed by atoms with Crippen molar-refractivity contribution in [2.45, 2.75) is 0 Å². The Hall–Kier alpha value is -4.50. The van der Waals surface area contributed by atoms with Gasteiger partial charge in [-0.25, -0.2) is 14.1 Å². The summed E-state index contributed by atoms with van der Waals surface area (Å²) in [6.45, 7) is 0. The Labute approximate surface area is 203 Å². The first kappa shape index (κ1) is 23.7. The van der Waals surface area contributed by atoms with Gasteiger partial charge in [0.15, 0.2) is 0 Å². The molecule has 0 unspecified atom stereocenters. The van der Waals surface area contributed by atoms with Crippen molar-refractivity contribution in [2.75, 3.05) is 22.6 Å². The van der Waals surface area contributed by atoms with Crippen LogP contribution in [0.2, 0.25) is 0 Å². The van der Waals surface area contributed by atoms with Gasteiger partial charge in [-0.15, -0.1) is 0 Å². The maximum Gasteiger partial charge on any atom is 0.337 e. The predicted octanol–water partition coefficient (Wildman–Crippen LogP) is 4.30. The van der Waals surface area contributed by atoms with Gasteiger partial charge in [0, 0.05) is 16.9 Å². The number of esters is 1. The molecule has 176 valence electrons. The van der Waals surface area contributed by atoms with E-state index >= 15 is 0 Å². The molecule has 1 aliphatic rings. The van der Waals surface area contributed by atoms with Gasteiger partial charge >= 0.3 is 5.97 Å². The maximum absolute atomic E-state index is 13.2. The van der Waals surface area contributed by atoms with E-state index in [0.29, 0.717) is 11.4 Å². The normalized spacial score (nSPS) is 13.2. The first-order valence-corrected chi connectivity index (χ1v) is 10.6. The lowest BCUT2D eigenvalue weighted by atomic mass is 10.1. The first-order chi connectivity index (χ1) is 16.8. The molecular weight excluding hydrogens is 477 g/mol. The molecule has 8 nitrogen and oxygen atoms in total.